The molecule has 0 saturated heterocycles. The van der Waals surface area contributed by atoms with Gasteiger partial charge in [-0.1, -0.05) is 30.3 Å². The second-order valence-corrected chi connectivity index (χ2v) is 6.00. The van der Waals surface area contributed by atoms with Crippen molar-refractivity contribution in [3.05, 3.63) is 35.9 Å². The topological polar surface area (TPSA) is 75.6 Å². The summed E-state index contributed by atoms with van der Waals surface area (Å²) >= 11 is 0. The zero-order valence-corrected chi connectivity index (χ0v) is 10.7. The number of hydrogen-bond acceptors (Lipinski definition) is 3. The number of rotatable bonds is 6. The minimum absolute atomic E-state index is 0.188. The van der Waals surface area contributed by atoms with Crippen molar-refractivity contribution in [1.29, 1.82) is 0 Å². The summed E-state index contributed by atoms with van der Waals surface area (Å²) in [6.45, 7) is 2.98. The van der Waals surface area contributed by atoms with Crippen molar-refractivity contribution in [3.63, 3.8) is 0 Å². The van der Waals surface area contributed by atoms with Crippen LogP contribution in [0.2, 0.25) is 0 Å². The third-order valence-electron chi connectivity index (χ3n) is 2.12. The summed E-state index contributed by atoms with van der Waals surface area (Å²) in [5.41, 5.74) is 0.888. The van der Waals surface area contributed by atoms with Crippen molar-refractivity contribution >= 4 is 13.5 Å². The number of carboxylic acids is 1. The fraction of sp³-hybridized carbons (Fsp3) is 0.364. The van der Waals surface area contributed by atoms with E-state index in [0.717, 1.165) is 5.56 Å². The standard InChI is InChI=1S/C11H16NO4P/c1-9(11(13)14)12-17(2,15)16-8-10-6-4-3-5-7-10/h3-7,9H,8H2,1-2H3,(H,12,15)(H,13,14). The molecule has 0 aliphatic rings. The lowest BCUT2D eigenvalue weighted by Crippen LogP contribution is -2.31. The van der Waals surface area contributed by atoms with Crippen LogP contribution in [-0.2, 0) is 20.5 Å². The Labute approximate surface area is 100 Å². The Bertz CT molecular complexity index is 421. The van der Waals surface area contributed by atoms with Crippen LogP contribution in [0.15, 0.2) is 30.3 Å². The lowest BCUT2D eigenvalue weighted by molar-refractivity contribution is -0.138. The summed E-state index contributed by atoms with van der Waals surface area (Å²) in [7, 11) is -3.10. The van der Waals surface area contributed by atoms with Gasteiger partial charge in [0.15, 0.2) is 0 Å². The lowest BCUT2D eigenvalue weighted by Gasteiger charge is -2.17. The lowest BCUT2D eigenvalue weighted by atomic mass is 10.2. The Morgan fingerprint density at radius 2 is 2.06 bits per heavy atom. The fourth-order valence-corrected chi connectivity index (χ4v) is 2.50. The predicted octanol–water partition coefficient (Wildman–Crippen LogP) is 2.09. The van der Waals surface area contributed by atoms with E-state index in [9.17, 15) is 9.36 Å². The van der Waals surface area contributed by atoms with Crippen molar-refractivity contribution in [2.45, 2.75) is 19.6 Å². The molecular formula is C11H16NO4P. The molecule has 1 aromatic carbocycles. The van der Waals surface area contributed by atoms with Crippen molar-refractivity contribution in [3.8, 4) is 0 Å². The second-order valence-electron chi connectivity index (χ2n) is 3.79. The summed E-state index contributed by atoms with van der Waals surface area (Å²) in [5, 5.41) is 11.2. The summed E-state index contributed by atoms with van der Waals surface area (Å²) in [6, 6.07) is 8.38. The molecule has 1 aromatic rings. The van der Waals surface area contributed by atoms with Gasteiger partial charge < -0.3 is 9.63 Å². The van der Waals surface area contributed by atoms with E-state index in [2.05, 4.69) is 5.09 Å². The van der Waals surface area contributed by atoms with E-state index in [1.807, 2.05) is 30.3 Å². The van der Waals surface area contributed by atoms with E-state index < -0.39 is 19.5 Å². The molecule has 0 amide bonds. The second kappa shape index (κ2) is 5.96. The predicted molar refractivity (Wildman–Crippen MR) is 65.0 cm³/mol. The number of benzene rings is 1. The van der Waals surface area contributed by atoms with Gasteiger partial charge in [0.2, 0.25) is 0 Å². The number of aliphatic carboxylic acids is 1. The van der Waals surface area contributed by atoms with Gasteiger partial charge in [0.05, 0.1) is 6.61 Å². The van der Waals surface area contributed by atoms with Crippen LogP contribution in [0.3, 0.4) is 0 Å². The molecule has 0 fully saturated rings. The van der Waals surface area contributed by atoms with Gasteiger partial charge in [0.1, 0.15) is 6.04 Å². The maximum atomic E-state index is 11.9. The zero-order chi connectivity index (χ0) is 12.9. The van der Waals surface area contributed by atoms with Gasteiger partial charge in [0.25, 0.3) is 7.52 Å². The zero-order valence-electron chi connectivity index (χ0n) is 9.79. The highest BCUT2D eigenvalue weighted by Gasteiger charge is 2.22. The summed E-state index contributed by atoms with van der Waals surface area (Å²) in [6.07, 6.45) is 0. The van der Waals surface area contributed by atoms with Crippen LogP contribution < -0.4 is 5.09 Å². The van der Waals surface area contributed by atoms with E-state index in [1.54, 1.807) is 0 Å². The van der Waals surface area contributed by atoms with Gasteiger partial charge in [-0.15, -0.1) is 0 Å². The molecule has 0 aliphatic heterocycles. The maximum absolute atomic E-state index is 11.9. The molecule has 0 saturated carbocycles. The molecule has 0 aliphatic carbocycles. The minimum atomic E-state index is -3.10. The first kappa shape index (κ1) is 13.9. The van der Waals surface area contributed by atoms with E-state index in [4.69, 9.17) is 9.63 Å². The van der Waals surface area contributed by atoms with Crippen molar-refractivity contribution in [2.75, 3.05) is 6.66 Å². The molecule has 17 heavy (non-hydrogen) atoms. The molecule has 0 radical (unpaired) electrons. The number of carbonyl (C=O) groups is 1. The summed E-state index contributed by atoms with van der Waals surface area (Å²) < 4.78 is 17.1. The van der Waals surface area contributed by atoms with Gasteiger partial charge >= 0.3 is 5.97 Å². The van der Waals surface area contributed by atoms with Crippen LogP contribution in [0.25, 0.3) is 0 Å². The Hall–Kier alpha value is -1.16. The quantitative estimate of drug-likeness (QED) is 0.763. The molecule has 0 heterocycles. The Morgan fingerprint density at radius 3 is 2.59 bits per heavy atom. The minimum Gasteiger partial charge on any atom is -0.480 e. The first-order valence-corrected chi connectivity index (χ1v) is 7.24. The average Bonchev–Trinajstić information content (AvgIpc) is 2.27. The summed E-state index contributed by atoms with van der Waals surface area (Å²) in [4.78, 5) is 10.6. The number of nitrogens with one attached hydrogen (secondary N) is 1. The smallest absolute Gasteiger partial charge is 0.320 e. The molecule has 2 N–H and O–H groups in total. The number of hydrogen-bond donors (Lipinski definition) is 2. The largest absolute Gasteiger partial charge is 0.480 e. The number of carboxylic acid groups (broad SMARTS) is 1. The molecule has 0 spiro atoms. The molecule has 0 bridgehead atoms. The highest BCUT2D eigenvalue weighted by molar-refractivity contribution is 7.56. The van der Waals surface area contributed by atoms with Crippen molar-refractivity contribution < 1.29 is 19.0 Å². The Balaban J connectivity index is 2.50. The molecule has 0 aromatic heterocycles. The van der Waals surface area contributed by atoms with E-state index in [1.165, 1.54) is 13.6 Å². The third kappa shape index (κ3) is 5.13. The summed E-state index contributed by atoms with van der Waals surface area (Å²) in [5.74, 6) is -1.06. The van der Waals surface area contributed by atoms with Gasteiger partial charge in [0, 0.05) is 6.66 Å². The molecular weight excluding hydrogens is 241 g/mol. The first-order valence-electron chi connectivity index (χ1n) is 5.17. The van der Waals surface area contributed by atoms with Gasteiger partial charge in [-0.05, 0) is 12.5 Å². The van der Waals surface area contributed by atoms with Gasteiger partial charge in [-0.3, -0.25) is 9.36 Å². The highest BCUT2D eigenvalue weighted by atomic mass is 31.2. The SMILES string of the molecule is CC(NP(C)(=O)OCc1ccccc1)C(=O)O. The van der Waals surface area contributed by atoms with Crippen molar-refractivity contribution in [2.24, 2.45) is 0 Å². The van der Waals surface area contributed by atoms with Crippen LogP contribution in [0.5, 0.6) is 0 Å². The van der Waals surface area contributed by atoms with E-state index in [-0.39, 0.29) is 6.61 Å². The van der Waals surface area contributed by atoms with E-state index >= 15 is 0 Å². The first-order chi connectivity index (χ1) is 7.91. The van der Waals surface area contributed by atoms with Crippen LogP contribution in [-0.4, -0.2) is 23.8 Å². The molecule has 1 rings (SSSR count). The Morgan fingerprint density at radius 1 is 1.47 bits per heavy atom. The van der Waals surface area contributed by atoms with Crippen LogP contribution in [0.1, 0.15) is 12.5 Å². The third-order valence-corrected chi connectivity index (χ3v) is 3.60. The van der Waals surface area contributed by atoms with Crippen molar-refractivity contribution in [1.82, 2.24) is 5.09 Å². The normalized spacial score (nSPS) is 16.1. The Kier molecular flexibility index (Phi) is 4.87. The molecule has 6 heteroatoms. The van der Waals surface area contributed by atoms with Gasteiger partial charge in [-0.2, -0.15) is 0 Å². The average molecular weight is 257 g/mol. The van der Waals surface area contributed by atoms with Crippen LogP contribution in [0, 0.1) is 0 Å². The van der Waals surface area contributed by atoms with Crippen LogP contribution in [0.4, 0.5) is 0 Å². The molecule has 2 unspecified atom stereocenters. The molecule has 2 atom stereocenters. The van der Waals surface area contributed by atoms with Gasteiger partial charge in [-0.25, -0.2) is 5.09 Å². The monoisotopic (exact) mass is 257 g/mol. The maximum Gasteiger partial charge on any atom is 0.320 e. The molecule has 5 nitrogen and oxygen atoms in total. The molecule has 94 valence electrons. The highest BCUT2D eigenvalue weighted by Crippen LogP contribution is 2.39. The fourth-order valence-electron chi connectivity index (χ4n) is 1.22. The van der Waals surface area contributed by atoms with E-state index in [0.29, 0.717) is 0 Å². The van der Waals surface area contributed by atoms with Crippen LogP contribution >= 0.6 is 7.52 Å².